The second-order valence-corrected chi connectivity index (χ2v) is 10.8. The van der Waals surface area contributed by atoms with E-state index in [1.165, 1.54) is 0 Å². The second kappa shape index (κ2) is 13.2. The Balaban J connectivity index is 0.00000420. The van der Waals surface area contributed by atoms with Gasteiger partial charge in [0.25, 0.3) is 0 Å². The van der Waals surface area contributed by atoms with Crippen molar-refractivity contribution in [2.24, 2.45) is 10.9 Å². The molecule has 0 aromatic heterocycles. The minimum Gasteiger partial charge on any atom is -0.357 e. The van der Waals surface area contributed by atoms with E-state index in [0.717, 1.165) is 37.4 Å². The van der Waals surface area contributed by atoms with Crippen LogP contribution in [0.2, 0.25) is 0 Å². The Morgan fingerprint density at radius 1 is 1.17 bits per heavy atom. The summed E-state index contributed by atoms with van der Waals surface area (Å²) in [6.45, 7) is 9.50. The zero-order valence-electron chi connectivity index (χ0n) is 17.7. The molecule has 8 nitrogen and oxygen atoms in total. The molecule has 0 saturated carbocycles. The first-order chi connectivity index (χ1) is 13.3. The smallest absolute Gasteiger partial charge is 0.225 e. The third-order valence-electron chi connectivity index (χ3n) is 4.97. The van der Waals surface area contributed by atoms with Crippen LogP contribution in [0.5, 0.6) is 0 Å². The summed E-state index contributed by atoms with van der Waals surface area (Å²) in [7, 11) is -3.24. The molecule has 0 radical (unpaired) electrons. The summed E-state index contributed by atoms with van der Waals surface area (Å²) in [5, 5.41) is 6.60. The minimum atomic E-state index is -3.24. The fourth-order valence-electron chi connectivity index (χ4n) is 3.35. The highest BCUT2D eigenvalue weighted by Gasteiger charge is 2.25. The van der Waals surface area contributed by atoms with Gasteiger partial charge in [0.2, 0.25) is 15.9 Å². The lowest BCUT2D eigenvalue weighted by Gasteiger charge is -2.34. The van der Waals surface area contributed by atoms with E-state index in [2.05, 4.69) is 15.6 Å². The molecule has 2 aliphatic heterocycles. The normalized spacial score (nSPS) is 19.7. The lowest BCUT2D eigenvalue weighted by Crippen LogP contribution is -2.50. The monoisotopic (exact) mass is 561 g/mol. The minimum absolute atomic E-state index is 0. The molecular weight excluding hydrogens is 525 g/mol. The summed E-state index contributed by atoms with van der Waals surface area (Å²) in [5.74, 6) is 2.66. The van der Waals surface area contributed by atoms with Crippen molar-refractivity contribution in [1.29, 1.82) is 0 Å². The van der Waals surface area contributed by atoms with Crippen molar-refractivity contribution in [3.05, 3.63) is 0 Å². The van der Waals surface area contributed by atoms with E-state index in [4.69, 9.17) is 0 Å². The molecule has 0 aromatic rings. The van der Waals surface area contributed by atoms with E-state index in [9.17, 15) is 13.2 Å². The zero-order chi connectivity index (χ0) is 20.6. The maximum atomic E-state index is 12.4. The summed E-state index contributed by atoms with van der Waals surface area (Å²) in [6, 6.07) is 0.240. The molecular formula is C18H36IN5O3S2. The van der Waals surface area contributed by atoms with Gasteiger partial charge in [0.15, 0.2) is 5.96 Å². The van der Waals surface area contributed by atoms with Gasteiger partial charge < -0.3 is 15.5 Å². The summed E-state index contributed by atoms with van der Waals surface area (Å²) in [5.41, 5.74) is 0. The van der Waals surface area contributed by atoms with E-state index in [1.807, 2.05) is 25.7 Å². The fraction of sp³-hybridized carbons (Fsp3) is 0.889. The van der Waals surface area contributed by atoms with Crippen molar-refractivity contribution >= 4 is 57.6 Å². The number of aliphatic imine (C=N–C) groups is 1. The molecule has 0 aromatic carbocycles. The molecule has 29 heavy (non-hydrogen) atoms. The van der Waals surface area contributed by atoms with E-state index in [-0.39, 0.29) is 54.1 Å². The number of thioether (sulfide) groups is 1. The van der Waals surface area contributed by atoms with E-state index < -0.39 is 10.0 Å². The second-order valence-electron chi connectivity index (χ2n) is 7.49. The van der Waals surface area contributed by atoms with Crippen LogP contribution in [-0.4, -0.2) is 92.1 Å². The third kappa shape index (κ3) is 8.78. The largest absolute Gasteiger partial charge is 0.357 e. The number of carbonyl (C=O) groups excluding carboxylic acids is 1. The maximum absolute atomic E-state index is 12.4. The van der Waals surface area contributed by atoms with Crippen molar-refractivity contribution in [1.82, 2.24) is 19.8 Å². The molecule has 11 heteroatoms. The zero-order valence-corrected chi connectivity index (χ0v) is 21.7. The van der Waals surface area contributed by atoms with Gasteiger partial charge in [0.1, 0.15) is 0 Å². The molecule has 0 aliphatic carbocycles. The number of likely N-dealkylation sites (tertiary alicyclic amines) is 1. The average molecular weight is 562 g/mol. The number of nitrogens with one attached hydrogen (secondary N) is 2. The van der Waals surface area contributed by atoms with Crippen molar-refractivity contribution in [3.63, 3.8) is 0 Å². The number of nitrogens with zero attached hydrogens (tertiary/aromatic N) is 3. The Bertz CT molecular complexity index is 631. The van der Waals surface area contributed by atoms with Crippen LogP contribution in [0.3, 0.4) is 0 Å². The van der Waals surface area contributed by atoms with Crippen LogP contribution in [0.4, 0.5) is 0 Å². The van der Waals surface area contributed by atoms with E-state index >= 15 is 0 Å². The topological polar surface area (TPSA) is 94.1 Å². The van der Waals surface area contributed by atoms with Gasteiger partial charge in [-0.25, -0.2) is 12.7 Å². The van der Waals surface area contributed by atoms with Gasteiger partial charge in [0.05, 0.1) is 12.3 Å². The van der Waals surface area contributed by atoms with Crippen molar-refractivity contribution in [2.45, 2.75) is 39.7 Å². The van der Waals surface area contributed by atoms with Crippen LogP contribution < -0.4 is 10.6 Å². The Labute approximate surface area is 197 Å². The number of piperidine rings is 1. The Hall–Kier alpha value is -0.270. The third-order valence-corrected chi connectivity index (χ3v) is 7.76. The molecule has 0 bridgehead atoms. The van der Waals surface area contributed by atoms with Gasteiger partial charge in [-0.15, -0.1) is 24.0 Å². The Morgan fingerprint density at radius 3 is 2.34 bits per heavy atom. The van der Waals surface area contributed by atoms with Crippen LogP contribution in [0.1, 0.15) is 33.6 Å². The summed E-state index contributed by atoms with van der Waals surface area (Å²) >= 11 is 1.79. The first-order valence-corrected chi connectivity index (χ1v) is 13.0. The maximum Gasteiger partial charge on any atom is 0.225 e. The molecule has 2 aliphatic rings. The highest BCUT2D eigenvalue weighted by molar-refractivity contribution is 14.0. The van der Waals surface area contributed by atoms with Crippen LogP contribution >= 0.6 is 35.7 Å². The van der Waals surface area contributed by atoms with Crippen molar-refractivity contribution in [2.75, 3.05) is 56.5 Å². The van der Waals surface area contributed by atoms with E-state index in [0.29, 0.717) is 25.6 Å². The number of sulfonamides is 1. The van der Waals surface area contributed by atoms with Crippen molar-refractivity contribution < 1.29 is 13.2 Å². The van der Waals surface area contributed by atoms with Gasteiger partial charge >= 0.3 is 0 Å². The number of rotatable bonds is 7. The van der Waals surface area contributed by atoms with Crippen molar-refractivity contribution in [3.8, 4) is 0 Å². The molecule has 0 atom stereocenters. The molecule has 2 fully saturated rings. The summed E-state index contributed by atoms with van der Waals surface area (Å²) < 4.78 is 26.5. The first kappa shape index (κ1) is 26.8. The standard InChI is InChI=1S/C18H35N5O3S2.HI/c1-4-19-18(20-7-14-28(25,26)23-10-12-27-13-11-23)21-16-5-8-22(9-6-16)17(24)15(2)3;/h15-16H,4-14H2,1-3H3,(H2,19,20,21);1H. The lowest BCUT2D eigenvalue weighted by molar-refractivity contribution is -0.135. The van der Waals surface area contributed by atoms with Gasteiger partial charge in [-0.05, 0) is 19.8 Å². The van der Waals surface area contributed by atoms with Gasteiger partial charge in [-0.2, -0.15) is 11.8 Å². The quantitative estimate of drug-likeness (QED) is 0.276. The highest BCUT2D eigenvalue weighted by atomic mass is 127. The molecule has 2 rings (SSSR count). The van der Waals surface area contributed by atoms with Gasteiger partial charge in [0, 0.05) is 56.2 Å². The number of amides is 1. The fourth-order valence-corrected chi connectivity index (χ4v) is 5.80. The molecule has 2 N–H and O–H groups in total. The number of guanidine groups is 1. The Morgan fingerprint density at radius 2 is 1.79 bits per heavy atom. The molecule has 2 saturated heterocycles. The van der Waals surface area contributed by atoms with Crippen LogP contribution in [0.15, 0.2) is 4.99 Å². The number of carbonyl (C=O) groups is 1. The number of hydrogen-bond donors (Lipinski definition) is 2. The molecule has 1 amide bonds. The van der Waals surface area contributed by atoms with Crippen LogP contribution in [0, 0.1) is 5.92 Å². The number of halogens is 1. The lowest BCUT2D eigenvalue weighted by atomic mass is 10.0. The average Bonchev–Trinajstić information content (AvgIpc) is 2.68. The predicted octanol–water partition coefficient (Wildman–Crippen LogP) is 1.19. The highest BCUT2D eigenvalue weighted by Crippen LogP contribution is 2.14. The summed E-state index contributed by atoms with van der Waals surface area (Å²) in [4.78, 5) is 18.5. The number of hydrogen-bond acceptors (Lipinski definition) is 5. The van der Waals surface area contributed by atoms with E-state index in [1.54, 1.807) is 16.1 Å². The summed E-state index contributed by atoms with van der Waals surface area (Å²) in [6.07, 6.45) is 1.74. The van der Waals surface area contributed by atoms with Crippen LogP contribution in [0.25, 0.3) is 0 Å². The van der Waals surface area contributed by atoms with Crippen LogP contribution in [-0.2, 0) is 14.8 Å². The predicted molar refractivity (Wildman–Crippen MR) is 132 cm³/mol. The SMILES string of the molecule is CCNC(=NCCS(=O)(=O)N1CCSCC1)NC1CCN(C(=O)C(C)C)CC1.I. The van der Waals surface area contributed by atoms with Gasteiger partial charge in [-0.1, -0.05) is 13.8 Å². The molecule has 2 heterocycles. The van der Waals surface area contributed by atoms with Gasteiger partial charge in [-0.3, -0.25) is 9.79 Å². The Kier molecular flexibility index (Phi) is 12.2. The molecule has 170 valence electrons. The molecule has 0 unspecified atom stereocenters. The molecule has 0 spiro atoms. The first-order valence-electron chi connectivity index (χ1n) is 10.2.